The summed E-state index contributed by atoms with van der Waals surface area (Å²) < 4.78 is 5.49. The fraction of sp³-hybridized carbons (Fsp3) is 0.417. The Morgan fingerprint density at radius 1 is 1.10 bits per heavy atom. The van der Waals surface area contributed by atoms with Crippen molar-refractivity contribution in [3.8, 4) is 0 Å². The Morgan fingerprint density at radius 3 is 2.42 bits per heavy atom. The maximum atomic E-state index is 12.8. The van der Waals surface area contributed by atoms with E-state index in [0.29, 0.717) is 24.8 Å². The number of aryl methyl sites for hydroxylation is 1. The fourth-order valence-electron chi connectivity index (χ4n) is 3.83. The topological polar surface area (TPSA) is 70.7 Å². The molecule has 1 heterocycles. The summed E-state index contributed by atoms with van der Waals surface area (Å²) in [4.78, 5) is 26.8. The van der Waals surface area contributed by atoms with E-state index >= 15 is 0 Å². The van der Waals surface area contributed by atoms with Crippen LogP contribution in [0, 0.1) is 6.92 Å². The number of ether oxygens (including phenoxy) is 1. The summed E-state index contributed by atoms with van der Waals surface area (Å²) in [5, 5.41) is 6.63. The Hall–Kier alpha value is -2.41. The Morgan fingerprint density at radius 2 is 1.77 bits per heavy atom. The van der Waals surface area contributed by atoms with Crippen LogP contribution in [0.4, 0.5) is 0 Å². The van der Waals surface area contributed by atoms with Gasteiger partial charge >= 0.3 is 0 Å². The molecule has 2 unspecified atom stereocenters. The molecule has 0 saturated carbocycles. The maximum absolute atomic E-state index is 12.8. The van der Waals surface area contributed by atoms with E-state index in [-0.39, 0.29) is 30.3 Å². The van der Waals surface area contributed by atoms with Crippen molar-refractivity contribution in [2.24, 2.45) is 0 Å². The molecule has 2 amide bonds. The van der Waals surface area contributed by atoms with Gasteiger partial charge in [0.15, 0.2) is 0 Å². The predicted molar refractivity (Wildman–Crippen MR) is 122 cm³/mol. The average molecular weight is 444 g/mol. The van der Waals surface area contributed by atoms with Gasteiger partial charge in [-0.25, -0.2) is 0 Å². The zero-order valence-electron chi connectivity index (χ0n) is 18.1. The van der Waals surface area contributed by atoms with Crippen LogP contribution < -0.4 is 10.6 Å². The van der Waals surface area contributed by atoms with E-state index in [1.807, 2.05) is 55.5 Å². The van der Waals surface area contributed by atoms with Gasteiger partial charge in [-0.05, 0) is 24.1 Å². The Bertz CT molecular complexity index is 882. The van der Waals surface area contributed by atoms with E-state index < -0.39 is 0 Å². The largest absolute Gasteiger partial charge is 0.379 e. The predicted octanol–water partition coefficient (Wildman–Crippen LogP) is 3.41. The summed E-state index contributed by atoms with van der Waals surface area (Å²) in [7, 11) is 0. The van der Waals surface area contributed by atoms with Crippen LogP contribution in [0.5, 0.6) is 0 Å². The lowest BCUT2D eigenvalue weighted by Gasteiger charge is -2.35. The van der Waals surface area contributed by atoms with Gasteiger partial charge in [0.25, 0.3) is 0 Å². The summed E-state index contributed by atoms with van der Waals surface area (Å²) in [5.41, 5.74) is 3.03. The smallest absolute Gasteiger partial charge is 0.222 e. The molecule has 0 aromatic heterocycles. The monoisotopic (exact) mass is 443 g/mol. The second-order valence-electron chi connectivity index (χ2n) is 7.86. The van der Waals surface area contributed by atoms with Crippen molar-refractivity contribution in [3.05, 3.63) is 70.2 Å². The highest BCUT2D eigenvalue weighted by molar-refractivity contribution is 6.31. The third-order valence-electron chi connectivity index (χ3n) is 5.49. The molecule has 1 fully saturated rings. The van der Waals surface area contributed by atoms with Crippen molar-refractivity contribution in [1.82, 2.24) is 15.5 Å². The molecular formula is C24H30ClN3O3. The molecule has 1 aliphatic rings. The quantitative estimate of drug-likeness (QED) is 0.656. The molecule has 0 radical (unpaired) electrons. The number of benzene rings is 2. The molecule has 2 aromatic carbocycles. The molecule has 31 heavy (non-hydrogen) atoms. The number of carbonyl (C=O) groups excluding carboxylic acids is 2. The van der Waals surface area contributed by atoms with Gasteiger partial charge in [-0.3, -0.25) is 14.5 Å². The first-order chi connectivity index (χ1) is 14.9. The van der Waals surface area contributed by atoms with Gasteiger partial charge in [0, 0.05) is 31.6 Å². The highest BCUT2D eigenvalue weighted by Crippen LogP contribution is 2.28. The van der Waals surface area contributed by atoms with E-state index in [2.05, 4.69) is 15.5 Å². The number of nitrogens with zero attached hydrogens (tertiary/aromatic N) is 1. The van der Waals surface area contributed by atoms with Gasteiger partial charge in [-0.1, -0.05) is 59.6 Å². The van der Waals surface area contributed by atoms with E-state index in [0.717, 1.165) is 29.8 Å². The van der Waals surface area contributed by atoms with Crippen LogP contribution in [0.2, 0.25) is 5.02 Å². The van der Waals surface area contributed by atoms with Gasteiger partial charge in [-0.2, -0.15) is 0 Å². The van der Waals surface area contributed by atoms with Crippen molar-refractivity contribution >= 4 is 23.4 Å². The standard InChI is InChI=1S/C24H30ClN3O3/c1-17-7-9-19(10-8-17)22(27-18(2)29)15-24(30)26-16-23(28-11-13-31-14-12-28)20-5-3-4-6-21(20)25/h3-10,22-23H,11-16H2,1-2H3,(H,26,30)(H,27,29). The van der Waals surface area contributed by atoms with Crippen molar-refractivity contribution in [2.45, 2.75) is 32.4 Å². The van der Waals surface area contributed by atoms with E-state index in [4.69, 9.17) is 16.3 Å². The third kappa shape index (κ3) is 6.79. The molecule has 3 rings (SSSR count). The van der Waals surface area contributed by atoms with Crippen molar-refractivity contribution in [1.29, 1.82) is 0 Å². The van der Waals surface area contributed by atoms with Crippen LogP contribution in [-0.2, 0) is 14.3 Å². The third-order valence-corrected chi connectivity index (χ3v) is 5.83. The molecular weight excluding hydrogens is 414 g/mol. The Labute approximate surface area is 188 Å². The van der Waals surface area contributed by atoms with Crippen LogP contribution in [-0.4, -0.2) is 49.6 Å². The van der Waals surface area contributed by atoms with Crippen LogP contribution >= 0.6 is 11.6 Å². The SMILES string of the molecule is CC(=O)NC(CC(=O)NCC(c1ccccc1Cl)N1CCOCC1)c1ccc(C)cc1. The number of amides is 2. The van der Waals surface area contributed by atoms with Crippen LogP contribution in [0.25, 0.3) is 0 Å². The molecule has 6 nitrogen and oxygen atoms in total. The highest BCUT2D eigenvalue weighted by Gasteiger charge is 2.25. The second kappa shape index (κ2) is 11.3. The van der Waals surface area contributed by atoms with E-state index in [9.17, 15) is 9.59 Å². The minimum atomic E-state index is -0.375. The van der Waals surface area contributed by atoms with Crippen LogP contribution in [0.3, 0.4) is 0 Å². The first-order valence-electron chi connectivity index (χ1n) is 10.6. The molecule has 0 spiro atoms. The number of hydrogen-bond acceptors (Lipinski definition) is 4. The second-order valence-corrected chi connectivity index (χ2v) is 8.26. The summed E-state index contributed by atoms with van der Waals surface area (Å²) in [6, 6.07) is 15.2. The number of hydrogen-bond donors (Lipinski definition) is 2. The van der Waals surface area contributed by atoms with Crippen molar-refractivity contribution in [3.63, 3.8) is 0 Å². The first-order valence-corrected chi connectivity index (χ1v) is 11.0. The highest BCUT2D eigenvalue weighted by atomic mass is 35.5. The van der Waals surface area contributed by atoms with E-state index in [1.165, 1.54) is 6.92 Å². The molecule has 2 atom stereocenters. The summed E-state index contributed by atoms with van der Waals surface area (Å²) in [5.74, 6) is -0.287. The normalized spacial score (nSPS) is 16.4. The summed E-state index contributed by atoms with van der Waals surface area (Å²) in [6.45, 7) is 6.78. The van der Waals surface area contributed by atoms with E-state index in [1.54, 1.807) is 0 Å². The Kier molecular flexibility index (Phi) is 8.46. The maximum Gasteiger partial charge on any atom is 0.222 e. The molecule has 1 aliphatic heterocycles. The van der Waals surface area contributed by atoms with Crippen LogP contribution in [0.1, 0.15) is 42.1 Å². The van der Waals surface area contributed by atoms with Gasteiger partial charge < -0.3 is 15.4 Å². The molecule has 0 bridgehead atoms. The minimum absolute atomic E-state index is 0.0415. The number of nitrogens with one attached hydrogen (secondary N) is 2. The Balaban J connectivity index is 1.69. The molecule has 7 heteroatoms. The lowest BCUT2D eigenvalue weighted by molar-refractivity contribution is -0.123. The lowest BCUT2D eigenvalue weighted by Crippen LogP contribution is -2.44. The van der Waals surface area contributed by atoms with Crippen molar-refractivity contribution < 1.29 is 14.3 Å². The first kappa shape index (κ1) is 23.3. The molecule has 0 aliphatic carbocycles. The molecule has 2 aromatic rings. The van der Waals surface area contributed by atoms with Gasteiger partial charge in [0.05, 0.1) is 31.7 Å². The zero-order chi connectivity index (χ0) is 22.2. The fourth-order valence-corrected chi connectivity index (χ4v) is 4.10. The van der Waals surface area contributed by atoms with Gasteiger partial charge in [0.1, 0.15) is 0 Å². The minimum Gasteiger partial charge on any atom is -0.379 e. The lowest BCUT2D eigenvalue weighted by atomic mass is 10.0. The number of carbonyl (C=O) groups is 2. The number of morpholine rings is 1. The molecule has 2 N–H and O–H groups in total. The van der Waals surface area contributed by atoms with Gasteiger partial charge in [0.2, 0.25) is 11.8 Å². The van der Waals surface area contributed by atoms with Crippen molar-refractivity contribution in [2.75, 3.05) is 32.8 Å². The molecule has 1 saturated heterocycles. The van der Waals surface area contributed by atoms with Crippen LogP contribution in [0.15, 0.2) is 48.5 Å². The van der Waals surface area contributed by atoms with Gasteiger partial charge in [-0.15, -0.1) is 0 Å². The zero-order valence-corrected chi connectivity index (χ0v) is 18.8. The molecule has 166 valence electrons. The number of rotatable bonds is 8. The summed E-state index contributed by atoms with van der Waals surface area (Å²) >= 11 is 6.47. The average Bonchev–Trinajstić information content (AvgIpc) is 2.75. The summed E-state index contributed by atoms with van der Waals surface area (Å²) in [6.07, 6.45) is 0.168. The number of halogens is 1.